The van der Waals surface area contributed by atoms with Gasteiger partial charge in [-0.05, 0) is 43.3 Å². The van der Waals surface area contributed by atoms with Crippen molar-refractivity contribution >= 4 is 0 Å². The third-order valence-electron chi connectivity index (χ3n) is 3.19. The Morgan fingerprint density at radius 3 is 2.40 bits per heavy atom. The fourth-order valence-electron chi connectivity index (χ4n) is 2.21. The highest BCUT2D eigenvalue weighted by Gasteiger charge is 2.13. The molecule has 1 N–H and O–H groups in total. The highest BCUT2D eigenvalue weighted by molar-refractivity contribution is 5.39. The van der Waals surface area contributed by atoms with Gasteiger partial charge in [0.05, 0.1) is 0 Å². The van der Waals surface area contributed by atoms with E-state index in [0.717, 1.165) is 24.3 Å². The third kappa shape index (κ3) is 3.58. The largest absolute Gasteiger partial charge is 0.457 e. The molecule has 0 saturated carbocycles. The summed E-state index contributed by atoms with van der Waals surface area (Å²) in [5.74, 6) is 1.20. The van der Waals surface area contributed by atoms with E-state index < -0.39 is 0 Å². The highest BCUT2D eigenvalue weighted by atomic mass is 19.1. The first-order valence-corrected chi connectivity index (χ1v) is 7.00. The minimum absolute atomic E-state index is 0.260. The van der Waals surface area contributed by atoms with E-state index in [1.807, 2.05) is 18.2 Å². The smallest absolute Gasteiger partial charge is 0.132 e. The molecule has 3 heteroatoms. The van der Waals surface area contributed by atoms with Gasteiger partial charge in [-0.3, -0.25) is 0 Å². The molecule has 0 fully saturated rings. The molecule has 0 amide bonds. The van der Waals surface area contributed by atoms with Crippen LogP contribution in [0.2, 0.25) is 0 Å². The molecule has 0 heterocycles. The number of para-hydroxylation sites is 1. The van der Waals surface area contributed by atoms with E-state index in [9.17, 15) is 4.39 Å². The maximum Gasteiger partial charge on any atom is 0.132 e. The summed E-state index contributed by atoms with van der Waals surface area (Å²) < 4.78 is 18.8. The minimum Gasteiger partial charge on any atom is -0.457 e. The van der Waals surface area contributed by atoms with Gasteiger partial charge in [0, 0.05) is 11.6 Å². The maximum atomic E-state index is 12.9. The van der Waals surface area contributed by atoms with Gasteiger partial charge in [0.25, 0.3) is 0 Å². The van der Waals surface area contributed by atoms with Crippen LogP contribution in [0.25, 0.3) is 0 Å². The van der Waals surface area contributed by atoms with E-state index in [0.29, 0.717) is 5.75 Å². The van der Waals surface area contributed by atoms with E-state index in [2.05, 4.69) is 25.2 Å². The van der Waals surface area contributed by atoms with Crippen LogP contribution >= 0.6 is 0 Å². The maximum absolute atomic E-state index is 12.9. The van der Waals surface area contributed by atoms with Crippen molar-refractivity contribution in [3.8, 4) is 11.5 Å². The fourth-order valence-corrected chi connectivity index (χ4v) is 2.21. The summed E-state index contributed by atoms with van der Waals surface area (Å²) in [5.41, 5.74) is 1.13. The molecule has 2 nitrogen and oxygen atoms in total. The van der Waals surface area contributed by atoms with Crippen LogP contribution < -0.4 is 10.1 Å². The number of hydrogen-bond donors (Lipinski definition) is 1. The number of hydrogen-bond acceptors (Lipinski definition) is 2. The van der Waals surface area contributed by atoms with Gasteiger partial charge in [0.2, 0.25) is 0 Å². The van der Waals surface area contributed by atoms with Crippen molar-refractivity contribution < 1.29 is 9.13 Å². The van der Waals surface area contributed by atoms with Crippen LogP contribution in [0.4, 0.5) is 4.39 Å². The summed E-state index contributed by atoms with van der Waals surface area (Å²) in [7, 11) is 0. The van der Waals surface area contributed by atoms with E-state index in [1.165, 1.54) is 12.1 Å². The average Bonchev–Trinajstić information content (AvgIpc) is 2.48. The Morgan fingerprint density at radius 1 is 1.05 bits per heavy atom. The molecule has 0 aliphatic rings. The average molecular weight is 273 g/mol. The van der Waals surface area contributed by atoms with E-state index in [4.69, 9.17) is 4.74 Å². The Kier molecular flexibility index (Phi) is 5.13. The summed E-state index contributed by atoms with van der Waals surface area (Å²) in [4.78, 5) is 0. The third-order valence-corrected chi connectivity index (χ3v) is 3.19. The first-order chi connectivity index (χ1) is 9.74. The predicted molar refractivity (Wildman–Crippen MR) is 79.6 cm³/mol. The Labute approximate surface area is 119 Å². The van der Waals surface area contributed by atoms with Crippen molar-refractivity contribution in [3.63, 3.8) is 0 Å². The lowest BCUT2D eigenvalue weighted by Crippen LogP contribution is -2.20. The van der Waals surface area contributed by atoms with Crippen molar-refractivity contribution in [1.82, 2.24) is 5.32 Å². The molecule has 2 aromatic carbocycles. The molecular weight excluding hydrogens is 253 g/mol. The summed E-state index contributed by atoms with van der Waals surface area (Å²) in [6.45, 7) is 5.14. The lowest BCUT2D eigenvalue weighted by molar-refractivity contribution is 0.451. The fraction of sp³-hybridized carbons (Fsp3) is 0.294. The summed E-state index contributed by atoms with van der Waals surface area (Å²) in [5, 5.41) is 3.44. The second kappa shape index (κ2) is 7.06. The van der Waals surface area contributed by atoms with Crippen molar-refractivity contribution in [1.29, 1.82) is 0 Å². The molecule has 1 atom stereocenters. The van der Waals surface area contributed by atoms with Crippen LogP contribution in [0.5, 0.6) is 11.5 Å². The van der Waals surface area contributed by atoms with Gasteiger partial charge in [0.15, 0.2) is 0 Å². The molecule has 0 aliphatic heterocycles. The minimum atomic E-state index is -0.260. The van der Waals surface area contributed by atoms with Gasteiger partial charge in [0.1, 0.15) is 17.3 Å². The molecule has 106 valence electrons. The van der Waals surface area contributed by atoms with Crippen molar-refractivity contribution in [2.75, 3.05) is 6.54 Å². The first-order valence-electron chi connectivity index (χ1n) is 7.00. The van der Waals surface area contributed by atoms with Crippen LogP contribution in [0.3, 0.4) is 0 Å². The molecule has 2 rings (SSSR count). The number of rotatable bonds is 6. The van der Waals surface area contributed by atoms with Crippen molar-refractivity contribution in [2.24, 2.45) is 0 Å². The summed E-state index contributed by atoms with van der Waals surface area (Å²) in [6.07, 6.45) is 0.984. The molecule has 0 aliphatic carbocycles. The van der Waals surface area contributed by atoms with Crippen LogP contribution in [0, 0.1) is 5.82 Å². The van der Waals surface area contributed by atoms with Gasteiger partial charge in [-0.2, -0.15) is 0 Å². The van der Waals surface area contributed by atoms with Crippen molar-refractivity contribution in [3.05, 3.63) is 59.9 Å². The Balaban J connectivity index is 2.25. The molecule has 1 unspecified atom stereocenters. The Morgan fingerprint density at radius 2 is 1.75 bits per heavy atom. The molecular formula is C17H20FNO. The normalized spacial score (nSPS) is 12.2. The van der Waals surface area contributed by atoms with Crippen LogP contribution in [-0.2, 0) is 0 Å². The number of halogens is 1. The second-order valence-electron chi connectivity index (χ2n) is 4.61. The van der Waals surface area contributed by atoms with Gasteiger partial charge >= 0.3 is 0 Å². The van der Waals surface area contributed by atoms with E-state index >= 15 is 0 Å². The second-order valence-corrected chi connectivity index (χ2v) is 4.61. The molecule has 0 spiro atoms. The summed E-state index contributed by atoms with van der Waals surface area (Å²) >= 11 is 0. The van der Waals surface area contributed by atoms with Gasteiger partial charge in [-0.15, -0.1) is 0 Å². The van der Waals surface area contributed by atoms with Gasteiger partial charge in [-0.25, -0.2) is 4.39 Å². The monoisotopic (exact) mass is 273 g/mol. The van der Waals surface area contributed by atoms with Crippen LogP contribution in [-0.4, -0.2) is 6.54 Å². The molecule has 0 radical (unpaired) electrons. The zero-order valence-electron chi connectivity index (χ0n) is 11.9. The Hall–Kier alpha value is -1.87. The van der Waals surface area contributed by atoms with Crippen LogP contribution in [0.1, 0.15) is 31.9 Å². The molecule has 2 aromatic rings. The topological polar surface area (TPSA) is 21.3 Å². The lowest BCUT2D eigenvalue weighted by Gasteiger charge is -2.19. The molecule has 0 saturated heterocycles. The number of ether oxygens (including phenoxy) is 1. The SMILES string of the molecule is CCNC(CC)c1ccccc1Oc1ccc(F)cc1. The van der Waals surface area contributed by atoms with E-state index in [1.54, 1.807) is 12.1 Å². The molecule has 0 aromatic heterocycles. The number of benzene rings is 2. The molecule has 0 bridgehead atoms. The lowest BCUT2D eigenvalue weighted by atomic mass is 10.0. The predicted octanol–water partition coefficient (Wildman–Crippen LogP) is 4.68. The zero-order valence-corrected chi connectivity index (χ0v) is 11.9. The van der Waals surface area contributed by atoms with E-state index in [-0.39, 0.29) is 11.9 Å². The Bertz CT molecular complexity index is 539. The summed E-state index contributed by atoms with van der Waals surface area (Å²) in [6, 6.07) is 14.3. The highest BCUT2D eigenvalue weighted by Crippen LogP contribution is 2.30. The van der Waals surface area contributed by atoms with Gasteiger partial charge in [-0.1, -0.05) is 32.0 Å². The van der Waals surface area contributed by atoms with Crippen molar-refractivity contribution in [2.45, 2.75) is 26.3 Å². The van der Waals surface area contributed by atoms with Crippen LogP contribution in [0.15, 0.2) is 48.5 Å². The first kappa shape index (κ1) is 14.5. The molecule has 20 heavy (non-hydrogen) atoms. The van der Waals surface area contributed by atoms with Gasteiger partial charge < -0.3 is 10.1 Å². The standard InChI is InChI=1S/C17H20FNO/c1-3-16(19-4-2)15-7-5-6-8-17(15)20-14-11-9-13(18)10-12-14/h5-12,16,19H,3-4H2,1-2H3. The number of nitrogens with one attached hydrogen (secondary N) is 1. The zero-order chi connectivity index (χ0) is 14.4. The quantitative estimate of drug-likeness (QED) is 0.825.